The Kier molecular flexibility index (Phi) is 2.81. The van der Waals surface area contributed by atoms with Crippen molar-refractivity contribution in [3.63, 3.8) is 0 Å². The summed E-state index contributed by atoms with van der Waals surface area (Å²) in [4.78, 5) is 17.8. The van der Waals surface area contributed by atoms with Crippen LogP contribution in [0.2, 0.25) is 0 Å². The summed E-state index contributed by atoms with van der Waals surface area (Å²) in [5, 5.41) is 0. The molecule has 0 saturated heterocycles. The standard InChI is InChI=1S/C10H14FN3O/c11-8-9(6-2-1-3-6)13-7(4-5-12)14-10(8)15/h6H,1-5,12H2,(H,13,14,15). The Bertz CT molecular complexity index is 412. The molecule has 2 rings (SSSR count). The number of rotatable bonds is 3. The summed E-state index contributed by atoms with van der Waals surface area (Å²) < 4.78 is 13.5. The molecule has 0 aromatic carbocycles. The lowest BCUT2D eigenvalue weighted by Crippen LogP contribution is -2.24. The van der Waals surface area contributed by atoms with Gasteiger partial charge in [-0.1, -0.05) is 6.42 Å². The van der Waals surface area contributed by atoms with Crippen LogP contribution < -0.4 is 11.3 Å². The number of hydrogen-bond acceptors (Lipinski definition) is 3. The van der Waals surface area contributed by atoms with Crippen LogP contribution in [-0.4, -0.2) is 16.5 Å². The maximum atomic E-state index is 13.5. The first-order valence-electron chi connectivity index (χ1n) is 5.21. The maximum absolute atomic E-state index is 13.5. The smallest absolute Gasteiger partial charge is 0.287 e. The van der Waals surface area contributed by atoms with Gasteiger partial charge in [0.2, 0.25) is 5.82 Å². The van der Waals surface area contributed by atoms with Crippen LogP contribution in [0.3, 0.4) is 0 Å². The van der Waals surface area contributed by atoms with Crippen molar-refractivity contribution < 1.29 is 4.39 Å². The summed E-state index contributed by atoms with van der Waals surface area (Å²) in [6.07, 6.45) is 3.42. The quantitative estimate of drug-likeness (QED) is 0.772. The van der Waals surface area contributed by atoms with E-state index in [-0.39, 0.29) is 5.92 Å². The third kappa shape index (κ3) is 1.92. The molecule has 1 aliphatic rings. The highest BCUT2D eigenvalue weighted by Gasteiger charge is 2.26. The van der Waals surface area contributed by atoms with Gasteiger partial charge in [-0.15, -0.1) is 0 Å². The number of halogens is 1. The van der Waals surface area contributed by atoms with Gasteiger partial charge in [-0.2, -0.15) is 4.39 Å². The lowest BCUT2D eigenvalue weighted by atomic mass is 9.82. The van der Waals surface area contributed by atoms with E-state index in [1.165, 1.54) is 0 Å². The summed E-state index contributed by atoms with van der Waals surface area (Å²) in [5.41, 5.74) is 5.02. The van der Waals surface area contributed by atoms with Crippen molar-refractivity contribution in [1.82, 2.24) is 9.97 Å². The number of aromatic nitrogens is 2. The predicted octanol–water partition coefficient (Wildman–Crippen LogP) is 0.678. The Morgan fingerprint density at radius 2 is 2.27 bits per heavy atom. The van der Waals surface area contributed by atoms with Gasteiger partial charge >= 0.3 is 0 Å². The molecule has 1 aromatic heterocycles. The molecular weight excluding hydrogens is 197 g/mol. The minimum absolute atomic E-state index is 0.129. The first-order chi connectivity index (χ1) is 7.22. The van der Waals surface area contributed by atoms with E-state index in [1.54, 1.807) is 0 Å². The highest BCUT2D eigenvalue weighted by Crippen LogP contribution is 2.35. The van der Waals surface area contributed by atoms with E-state index in [0.717, 1.165) is 19.3 Å². The van der Waals surface area contributed by atoms with E-state index in [1.807, 2.05) is 0 Å². The fourth-order valence-electron chi connectivity index (χ4n) is 1.73. The molecule has 0 aliphatic heterocycles. The molecule has 0 radical (unpaired) electrons. The van der Waals surface area contributed by atoms with Gasteiger partial charge in [0, 0.05) is 12.3 Å². The van der Waals surface area contributed by atoms with Gasteiger partial charge in [-0.3, -0.25) is 4.79 Å². The first kappa shape index (κ1) is 10.3. The van der Waals surface area contributed by atoms with Crippen LogP contribution in [0.25, 0.3) is 0 Å². The monoisotopic (exact) mass is 211 g/mol. The minimum atomic E-state index is -0.722. The van der Waals surface area contributed by atoms with E-state index < -0.39 is 11.4 Å². The summed E-state index contributed by atoms with van der Waals surface area (Å²) in [7, 11) is 0. The molecule has 3 N–H and O–H groups in total. The second-order valence-electron chi connectivity index (χ2n) is 3.88. The average molecular weight is 211 g/mol. The van der Waals surface area contributed by atoms with Crippen LogP contribution in [0, 0.1) is 5.82 Å². The third-order valence-corrected chi connectivity index (χ3v) is 2.81. The number of aromatic amines is 1. The summed E-state index contributed by atoms with van der Waals surface area (Å²) >= 11 is 0. The third-order valence-electron chi connectivity index (χ3n) is 2.81. The first-order valence-corrected chi connectivity index (χ1v) is 5.21. The Balaban J connectivity index is 2.37. The van der Waals surface area contributed by atoms with Crippen LogP contribution in [-0.2, 0) is 6.42 Å². The zero-order chi connectivity index (χ0) is 10.8. The number of H-pyrrole nitrogens is 1. The molecule has 5 heteroatoms. The summed E-state index contributed by atoms with van der Waals surface area (Å²) in [5.74, 6) is -0.102. The Hall–Kier alpha value is -1.23. The predicted molar refractivity (Wildman–Crippen MR) is 54.2 cm³/mol. The second-order valence-corrected chi connectivity index (χ2v) is 3.88. The van der Waals surface area contributed by atoms with Crippen molar-refractivity contribution in [3.05, 3.63) is 27.7 Å². The van der Waals surface area contributed by atoms with E-state index >= 15 is 0 Å². The van der Waals surface area contributed by atoms with Gasteiger partial charge in [0.25, 0.3) is 5.56 Å². The SMILES string of the molecule is NCCc1nc(C2CCC2)c(F)c(=O)[nH]1. The highest BCUT2D eigenvalue weighted by atomic mass is 19.1. The van der Waals surface area contributed by atoms with Crippen LogP contribution in [0.5, 0.6) is 0 Å². The van der Waals surface area contributed by atoms with Crippen LogP contribution >= 0.6 is 0 Å². The van der Waals surface area contributed by atoms with Gasteiger partial charge in [-0.05, 0) is 19.4 Å². The molecule has 1 saturated carbocycles. The van der Waals surface area contributed by atoms with Crippen LogP contribution in [0.4, 0.5) is 4.39 Å². The molecule has 4 nitrogen and oxygen atoms in total. The molecule has 82 valence electrons. The Morgan fingerprint density at radius 1 is 1.53 bits per heavy atom. The fraction of sp³-hybridized carbons (Fsp3) is 0.600. The molecule has 1 aromatic rings. The number of nitrogens with one attached hydrogen (secondary N) is 1. The van der Waals surface area contributed by atoms with Crippen molar-refractivity contribution in [2.75, 3.05) is 6.54 Å². The van der Waals surface area contributed by atoms with Crippen molar-refractivity contribution in [2.24, 2.45) is 5.73 Å². The van der Waals surface area contributed by atoms with E-state index in [0.29, 0.717) is 24.5 Å². The highest BCUT2D eigenvalue weighted by molar-refractivity contribution is 5.14. The Morgan fingerprint density at radius 3 is 2.80 bits per heavy atom. The number of nitrogens with two attached hydrogens (primary N) is 1. The van der Waals surface area contributed by atoms with E-state index in [2.05, 4.69) is 9.97 Å². The molecule has 0 spiro atoms. The maximum Gasteiger partial charge on any atom is 0.287 e. The molecule has 0 unspecified atom stereocenters. The largest absolute Gasteiger partial charge is 0.330 e. The molecule has 0 bridgehead atoms. The molecule has 15 heavy (non-hydrogen) atoms. The molecule has 1 aliphatic carbocycles. The molecule has 1 heterocycles. The summed E-state index contributed by atoms with van der Waals surface area (Å²) in [6, 6.07) is 0. The molecule has 0 amide bonds. The minimum Gasteiger partial charge on any atom is -0.330 e. The number of hydrogen-bond donors (Lipinski definition) is 2. The average Bonchev–Trinajstić information content (AvgIpc) is 2.11. The van der Waals surface area contributed by atoms with E-state index in [9.17, 15) is 9.18 Å². The fourth-order valence-corrected chi connectivity index (χ4v) is 1.73. The summed E-state index contributed by atoms with van der Waals surface area (Å²) in [6.45, 7) is 0.401. The normalized spacial score (nSPS) is 16.4. The second kappa shape index (κ2) is 4.10. The topological polar surface area (TPSA) is 71.8 Å². The molecular formula is C10H14FN3O. The van der Waals surface area contributed by atoms with Crippen molar-refractivity contribution in [1.29, 1.82) is 0 Å². The van der Waals surface area contributed by atoms with Gasteiger partial charge in [0.05, 0.1) is 5.69 Å². The molecule has 0 atom stereocenters. The number of nitrogens with zero attached hydrogens (tertiary/aromatic N) is 1. The van der Waals surface area contributed by atoms with Gasteiger partial charge < -0.3 is 10.7 Å². The lowest BCUT2D eigenvalue weighted by Gasteiger charge is -2.24. The Labute approximate surface area is 86.7 Å². The van der Waals surface area contributed by atoms with Crippen molar-refractivity contribution in [2.45, 2.75) is 31.6 Å². The van der Waals surface area contributed by atoms with Crippen LogP contribution in [0.15, 0.2) is 4.79 Å². The molecule has 1 fully saturated rings. The van der Waals surface area contributed by atoms with Gasteiger partial charge in [0.1, 0.15) is 5.82 Å². The van der Waals surface area contributed by atoms with Gasteiger partial charge in [0.15, 0.2) is 0 Å². The zero-order valence-corrected chi connectivity index (χ0v) is 8.42. The van der Waals surface area contributed by atoms with Crippen molar-refractivity contribution >= 4 is 0 Å². The van der Waals surface area contributed by atoms with Crippen molar-refractivity contribution in [3.8, 4) is 0 Å². The van der Waals surface area contributed by atoms with Crippen LogP contribution in [0.1, 0.15) is 36.7 Å². The van der Waals surface area contributed by atoms with Gasteiger partial charge in [-0.25, -0.2) is 4.98 Å². The lowest BCUT2D eigenvalue weighted by molar-refractivity contribution is 0.389. The zero-order valence-electron chi connectivity index (χ0n) is 8.42. The van der Waals surface area contributed by atoms with E-state index in [4.69, 9.17) is 5.73 Å².